The van der Waals surface area contributed by atoms with Crippen molar-refractivity contribution in [2.24, 2.45) is 0 Å². The zero-order chi connectivity index (χ0) is 13.4. The molecule has 5 nitrogen and oxygen atoms in total. The minimum absolute atomic E-state index is 0.0289. The summed E-state index contributed by atoms with van der Waals surface area (Å²) in [6, 6.07) is 6.46. The molecule has 19 heavy (non-hydrogen) atoms. The maximum atomic E-state index is 10.9. The van der Waals surface area contributed by atoms with Gasteiger partial charge in [0.25, 0.3) is 0 Å². The topological polar surface area (TPSA) is 68.0 Å². The number of aryl methyl sites for hydroxylation is 2. The van der Waals surface area contributed by atoms with Gasteiger partial charge in [-0.05, 0) is 42.9 Å². The van der Waals surface area contributed by atoms with Crippen molar-refractivity contribution in [3.8, 4) is 0 Å². The van der Waals surface area contributed by atoms with E-state index in [0.29, 0.717) is 12.2 Å². The Balaban J connectivity index is 1.87. The quantitative estimate of drug-likeness (QED) is 0.910. The maximum Gasteiger partial charge on any atom is 0.358 e. The van der Waals surface area contributed by atoms with Crippen molar-refractivity contribution in [1.82, 2.24) is 15.0 Å². The molecule has 0 saturated carbocycles. The Morgan fingerprint density at radius 1 is 1.37 bits per heavy atom. The highest BCUT2D eigenvalue weighted by Gasteiger charge is 2.16. The summed E-state index contributed by atoms with van der Waals surface area (Å²) in [7, 11) is 0. The van der Waals surface area contributed by atoms with E-state index in [1.165, 1.54) is 24.0 Å². The van der Waals surface area contributed by atoms with Crippen molar-refractivity contribution in [1.29, 1.82) is 0 Å². The van der Waals surface area contributed by atoms with Gasteiger partial charge in [-0.2, -0.15) is 0 Å². The first-order valence-corrected chi connectivity index (χ1v) is 6.39. The lowest BCUT2D eigenvalue weighted by atomic mass is 10.1. The number of rotatable bonds is 3. The molecule has 0 amide bonds. The van der Waals surface area contributed by atoms with Gasteiger partial charge in [0.15, 0.2) is 5.69 Å². The Hall–Kier alpha value is -2.17. The van der Waals surface area contributed by atoms with Crippen LogP contribution in [0.25, 0.3) is 0 Å². The lowest BCUT2D eigenvalue weighted by Gasteiger charge is -2.06. The molecule has 0 unspecified atom stereocenters. The smallest absolute Gasteiger partial charge is 0.358 e. The summed E-state index contributed by atoms with van der Waals surface area (Å²) in [5.41, 5.74) is 4.61. The van der Waals surface area contributed by atoms with Crippen LogP contribution >= 0.6 is 0 Å². The van der Waals surface area contributed by atoms with E-state index >= 15 is 0 Å². The number of aromatic carboxylic acids is 1. The molecule has 1 N–H and O–H groups in total. The van der Waals surface area contributed by atoms with Crippen LogP contribution in [0.2, 0.25) is 0 Å². The second-order valence-corrected chi connectivity index (χ2v) is 4.94. The summed E-state index contributed by atoms with van der Waals surface area (Å²) in [5, 5.41) is 16.6. The van der Waals surface area contributed by atoms with Gasteiger partial charge in [-0.3, -0.25) is 0 Å². The van der Waals surface area contributed by atoms with Gasteiger partial charge in [0, 0.05) is 0 Å². The van der Waals surface area contributed by atoms with Gasteiger partial charge in [0.05, 0.1) is 12.2 Å². The van der Waals surface area contributed by atoms with Crippen molar-refractivity contribution in [3.63, 3.8) is 0 Å². The summed E-state index contributed by atoms with van der Waals surface area (Å²) in [5.74, 6) is -1.03. The third kappa shape index (κ3) is 2.12. The predicted molar refractivity (Wildman–Crippen MR) is 69.3 cm³/mol. The minimum atomic E-state index is -1.03. The van der Waals surface area contributed by atoms with Crippen LogP contribution in [0.1, 0.15) is 39.3 Å². The molecule has 0 fully saturated rings. The van der Waals surface area contributed by atoms with E-state index in [0.717, 1.165) is 12.0 Å². The molecule has 0 aliphatic heterocycles. The van der Waals surface area contributed by atoms with Gasteiger partial charge in [0.1, 0.15) is 0 Å². The number of hydrogen-bond donors (Lipinski definition) is 1. The van der Waals surface area contributed by atoms with E-state index < -0.39 is 5.97 Å². The molecular weight excluding hydrogens is 242 g/mol. The number of carboxylic acid groups (broad SMARTS) is 1. The second-order valence-electron chi connectivity index (χ2n) is 4.94. The third-order valence-electron chi connectivity index (χ3n) is 3.68. The summed E-state index contributed by atoms with van der Waals surface area (Å²) >= 11 is 0. The number of carboxylic acids is 1. The molecule has 0 bridgehead atoms. The Kier molecular flexibility index (Phi) is 2.81. The molecule has 0 radical (unpaired) electrons. The average Bonchev–Trinajstić information content (AvgIpc) is 2.96. The number of hydrogen-bond acceptors (Lipinski definition) is 3. The van der Waals surface area contributed by atoms with Gasteiger partial charge in [-0.25, -0.2) is 9.48 Å². The van der Waals surface area contributed by atoms with E-state index in [2.05, 4.69) is 28.5 Å². The lowest BCUT2D eigenvalue weighted by molar-refractivity contribution is 0.0689. The summed E-state index contributed by atoms with van der Waals surface area (Å²) in [4.78, 5) is 10.9. The number of benzene rings is 1. The van der Waals surface area contributed by atoms with Crippen molar-refractivity contribution < 1.29 is 9.90 Å². The molecule has 1 aromatic carbocycles. The number of carbonyl (C=O) groups is 1. The van der Waals surface area contributed by atoms with E-state index in [1.807, 2.05) is 0 Å². The van der Waals surface area contributed by atoms with E-state index in [9.17, 15) is 4.79 Å². The highest BCUT2D eigenvalue weighted by molar-refractivity contribution is 5.86. The van der Waals surface area contributed by atoms with Crippen molar-refractivity contribution in [2.75, 3.05) is 0 Å². The van der Waals surface area contributed by atoms with Crippen LogP contribution < -0.4 is 0 Å². The molecule has 1 aromatic heterocycles. The molecule has 2 aromatic rings. The van der Waals surface area contributed by atoms with Gasteiger partial charge < -0.3 is 5.11 Å². The fourth-order valence-corrected chi connectivity index (χ4v) is 2.60. The maximum absolute atomic E-state index is 10.9. The fraction of sp³-hybridized carbons (Fsp3) is 0.357. The molecule has 0 spiro atoms. The molecular formula is C14H15N3O2. The molecule has 98 valence electrons. The van der Waals surface area contributed by atoms with Crippen molar-refractivity contribution in [3.05, 3.63) is 46.3 Å². The molecule has 3 rings (SSSR count). The number of fused-ring (bicyclic) bond motifs is 1. The normalized spacial score (nSPS) is 13.5. The summed E-state index contributed by atoms with van der Waals surface area (Å²) < 4.78 is 1.64. The second kappa shape index (κ2) is 4.50. The van der Waals surface area contributed by atoms with Crippen LogP contribution in [-0.2, 0) is 19.4 Å². The predicted octanol–water partition coefficient (Wildman–Crippen LogP) is 1.82. The van der Waals surface area contributed by atoms with Crippen molar-refractivity contribution in [2.45, 2.75) is 32.7 Å². The Labute approximate surface area is 110 Å². The Morgan fingerprint density at radius 3 is 2.89 bits per heavy atom. The first-order chi connectivity index (χ1) is 9.15. The first-order valence-electron chi connectivity index (χ1n) is 6.39. The zero-order valence-corrected chi connectivity index (χ0v) is 10.8. The van der Waals surface area contributed by atoms with E-state index in [1.54, 1.807) is 11.6 Å². The van der Waals surface area contributed by atoms with E-state index in [-0.39, 0.29) is 5.69 Å². The number of nitrogens with zero attached hydrogens (tertiary/aromatic N) is 3. The van der Waals surface area contributed by atoms with Gasteiger partial charge in [0.2, 0.25) is 0 Å². The van der Waals surface area contributed by atoms with Crippen LogP contribution in [0.5, 0.6) is 0 Å². The third-order valence-corrected chi connectivity index (χ3v) is 3.68. The standard InChI is InChI=1S/C14H15N3O2/c1-9-13(14(18)19)15-16-17(9)8-10-5-6-11-3-2-4-12(11)7-10/h5-7H,2-4,8H2,1H3,(H,18,19). The molecule has 0 atom stereocenters. The average molecular weight is 257 g/mol. The van der Waals surface area contributed by atoms with Crippen molar-refractivity contribution >= 4 is 5.97 Å². The zero-order valence-electron chi connectivity index (χ0n) is 10.8. The van der Waals surface area contributed by atoms with Crippen LogP contribution in [0.3, 0.4) is 0 Å². The molecule has 5 heteroatoms. The largest absolute Gasteiger partial charge is 0.476 e. The molecule has 0 saturated heterocycles. The van der Waals surface area contributed by atoms with Crippen LogP contribution in [0, 0.1) is 6.92 Å². The fourth-order valence-electron chi connectivity index (χ4n) is 2.60. The van der Waals surface area contributed by atoms with Gasteiger partial charge >= 0.3 is 5.97 Å². The van der Waals surface area contributed by atoms with Gasteiger partial charge in [-0.1, -0.05) is 23.4 Å². The SMILES string of the molecule is Cc1c(C(=O)O)nnn1Cc1ccc2c(c1)CCC2. The molecule has 1 aliphatic carbocycles. The number of aromatic nitrogens is 3. The summed E-state index contributed by atoms with van der Waals surface area (Å²) in [6.45, 7) is 2.30. The lowest BCUT2D eigenvalue weighted by Crippen LogP contribution is -2.06. The highest BCUT2D eigenvalue weighted by Crippen LogP contribution is 2.23. The van der Waals surface area contributed by atoms with Gasteiger partial charge in [-0.15, -0.1) is 5.10 Å². The van der Waals surface area contributed by atoms with Crippen LogP contribution in [0.4, 0.5) is 0 Å². The summed E-state index contributed by atoms with van der Waals surface area (Å²) in [6.07, 6.45) is 3.53. The minimum Gasteiger partial charge on any atom is -0.476 e. The van der Waals surface area contributed by atoms with E-state index in [4.69, 9.17) is 5.11 Å². The Morgan fingerprint density at radius 2 is 2.16 bits per heavy atom. The Bertz CT molecular complexity index is 646. The van der Waals surface area contributed by atoms with Crippen LogP contribution in [-0.4, -0.2) is 26.1 Å². The monoisotopic (exact) mass is 257 g/mol. The molecule has 1 aliphatic rings. The molecule has 1 heterocycles. The first kappa shape index (κ1) is 11.9. The van der Waals surface area contributed by atoms with Crippen LogP contribution in [0.15, 0.2) is 18.2 Å². The highest BCUT2D eigenvalue weighted by atomic mass is 16.4.